The topological polar surface area (TPSA) is 235 Å². The smallest absolute Gasteiger partial charge is 0.324 e. The number of carbonyl (C=O) groups excluding carboxylic acids is 1. The SMILES string of the molecule is C[C@@H](O)[C@H](N)C(=O)O.C[C@@H](OC(=O)[C@@H]1CCCN1)[C@H](N)C(=O)O.O=C(O)[C@@H]1CCCN1. The van der Waals surface area contributed by atoms with E-state index in [4.69, 9.17) is 36.6 Å². The maximum Gasteiger partial charge on any atom is 0.324 e. The highest BCUT2D eigenvalue weighted by Crippen LogP contribution is 2.09. The monoisotopic (exact) mass is 450 g/mol. The Labute approximate surface area is 180 Å². The zero-order valence-electron chi connectivity index (χ0n) is 17.7. The van der Waals surface area contributed by atoms with Crippen molar-refractivity contribution in [3.8, 4) is 0 Å². The maximum absolute atomic E-state index is 11.4. The number of carboxylic acids is 3. The van der Waals surface area contributed by atoms with E-state index in [0.29, 0.717) is 0 Å². The molecule has 2 heterocycles. The number of rotatable bonds is 7. The first-order chi connectivity index (χ1) is 14.4. The summed E-state index contributed by atoms with van der Waals surface area (Å²) in [6.07, 6.45) is 1.66. The van der Waals surface area contributed by atoms with Gasteiger partial charge in [0.15, 0.2) is 0 Å². The van der Waals surface area contributed by atoms with Gasteiger partial charge in [-0.1, -0.05) is 0 Å². The summed E-state index contributed by atoms with van der Waals surface area (Å²) in [6.45, 7) is 4.46. The first-order valence-corrected chi connectivity index (χ1v) is 9.93. The second-order valence-electron chi connectivity index (χ2n) is 7.25. The lowest BCUT2D eigenvalue weighted by Gasteiger charge is -2.19. The molecule has 10 N–H and O–H groups in total. The highest BCUT2D eigenvalue weighted by Gasteiger charge is 2.29. The summed E-state index contributed by atoms with van der Waals surface area (Å²) in [4.78, 5) is 42.0. The highest BCUT2D eigenvalue weighted by atomic mass is 16.5. The largest absolute Gasteiger partial charge is 0.480 e. The van der Waals surface area contributed by atoms with Crippen LogP contribution in [0, 0.1) is 0 Å². The van der Waals surface area contributed by atoms with Crippen LogP contribution in [0.1, 0.15) is 39.5 Å². The predicted molar refractivity (Wildman–Crippen MR) is 108 cm³/mol. The lowest BCUT2D eigenvalue weighted by atomic mass is 10.2. The van der Waals surface area contributed by atoms with E-state index in [-0.39, 0.29) is 12.1 Å². The number of hydrogen-bond acceptors (Lipinski definition) is 10. The van der Waals surface area contributed by atoms with E-state index in [1.165, 1.54) is 13.8 Å². The second kappa shape index (κ2) is 14.6. The van der Waals surface area contributed by atoms with Crippen LogP contribution in [-0.2, 0) is 23.9 Å². The molecular weight excluding hydrogens is 416 g/mol. The first kappa shape index (κ1) is 28.7. The number of nitrogens with two attached hydrogens (primary N) is 2. The lowest BCUT2D eigenvalue weighted by molar-refractivity contribution is -0.155. The fourth-order valence-electron chi connectivity index (χ4n) is 2.53. The number of esters is 1. The van der Waals surface area contributed by atoms with Gasteiger partial charge in [0.05, 0.1) is 6.10 Å². The fourth-order valence-corrected chi connectivity index (χ4v) is 2.53. The third kappa shape index (κ3) is 11.6. The molecule has 0 aromatic rings. The highest BCUT2D eigenvalue weighted by molar-refractivity contribution is 5.78. The quantitative estimate of drug-likeness (QED) is 0.190. The van der Waals surface area contributed by atoms with Gasteiger partial charge in [-0.05, 0) is 52.6 Å². The van der Waals surface area contributed by atoms with Crippen LogP contribution in [0.15, 0.2) is 0 Å². The summed E-state index contributed by atoms with van der Waals surface area (Å²) in [5.41, 5.74) is 10.2. The van der Waals surface area contributed by atoms with Crippen LogP contribution < -0.4 is 22.1 Å². The average Bonchev–Trinajstić information content (AvgIpc) is 3.41. The Morgan fingerprint density at radius 2 is 1.32 bits per heavy atom. The summed E-state index contributed by atoms with van der Waals surface area (Å²) in [6, 6.07) is -2.91. The van der Waals surface area contributed by atoms with Crippen molar-refractivity contribution in [1.82, 2.24) is 10.6 Å². The van der Waals surface area contributed by atoms with Crippen molar-refractivity contribution in [2.24, 2.45) is 11.5 Å². The number of aliphatic hydroxyl groups is 1. The summed E-state index contributed by atoms with van der Waals surface area (Å²) in [5, 5.41) is 39.3. The Hall–Kier alpha value is -2.32. The Bertz CT molecular complexity index is 579. The van der Waals surface area contributed by atoms with Crippen molar-refractivity contribution in [2.45, 2.75) is 75.9 Å². The molecule has 0 radical (unpaired) electrons. The number of nitrogens with one attached hydrogen (secondary N) is 2. The molecule has 180 valence electrons. The lowest BCUT2D eigenvalue weighted by Crippen LogP contribution is -2.45. The minimum atomic E-state index is -1.18. The summed E-state index contributed by atoms with van der Waals surface area (Å²) in [7, 11) is 0. The summed E-state index contributed by atoms with van der Waals surface area (Å²) in [5.74, 6) is -3.49. The van der Waals surface area contributed by atoms with Crippen molar-refractivity contribution < 1.29 is 44.3 Å². The van der Waals surface area contributed by atoms with E-state index in [0.717, 1.165) is 38.8 Å². The van der Waals surface area contributed by atoms with Crippen molar-refractivity contribution in [3.63, 3.8) is 0 Å². The van der Waals surface area contributed by atoms with Crippen LogP contribution in [0.5, 0.6) is 0 Å². The van der Waals surface area contributed by atoms with Gasteiger partial charge in [0.1, 0.15) is 30.3 Å². The minimum absolute atomic E-state index is 0.269. The van der Waals surface area contributed by atoms with Gasteiger partial charge >= 0.3 is 23.9 Å². The second-order valence-corrected chi connectivity index (χ2v) is 7.25. The van der Waals surface area contributed by atoms with Crippen LogP contribution in [0.2, 0.25) is 0 Å². The zero-order valence-corrected chi connectivity index (χ0v) is 17.7. The third-order valence-electron chi connectivity index (χ3n) is 4.60. The van der Waals surface area contributed by atoms with Gasteiger partial charge in [-0.25, -0.2) is 0 Å². The molecule has 0 amide bonds. The molecule has 2 saturated heterocycles. The minimum Gasteiger partial charge on any atom is -0.480 e. The van der Waals surface area contributed by atoms with E-state index in [9.17, 15) is 19.2 Å². The van der Waals surface area contributed by atoms with Gasteiger partial charge in [-0.3, -0.25) is 19.2 Å². The van der Waals surface area contributed by atoms with Gasteiger partial charge in [-0.2, -0.15) is 0 Å². The van der Waals surface area contributed by atoms with E-state index in [1.54, 1.807) is 0 Å². The molecule has 2 fully saturated rings. The molecule has 0 bridgehead atoms. The summed E-state index contributed by atoms with van der Waals surface area (Å²) >= 11 is 0. The van der Waals surface area contributed by atoms with Crippen LogP contribution >= 0.6 is 0 Å². The van der Waals surface area contributed by atoms with Gasteiger partial charge in [0.25, 0.3) is 0 Å². The number of carboxylic acid groups (broad SMARTS) is 3. The van der Waals surface area contributed by atoms with Gasteiger partial charge in [-0.15, -0.1) is 0 Å². The van der Waals surface area contributed by atoms with Gasteiger partial charge < -0.3 is 47.3 Å². The molecule has 2 rings (SSSR count). The number of aliphatic hydroxyl groups excluding tert-OH is 1. The Balaban J connectivity index is 0.000000477. The normalized spacial score (nSPS) is 23.6. The fraction of sp³-hybridized carbons (Fsp3) is 0.778. The summed E-state index contributed by atoms with van der Waals surface area (Å²) < 4.78 is 4.95. The molecule has 2 aliphatic rings. The maximum atomic E-state index is 11.4. The standard InChI is InChI=1S/C9H16N2O4.C5H9NO2.C4H9NO3/c1-5(7(10)8(12)13)15-9(14)6-3-2-4-11-6;7-5(8)4-2-1-3-6-4;1-2(6)3(5)4(7)8/h5-7,11H,2-4,10H2,1H3,(H,12,13);4,6H,1-3H2,(H,7,8);2-3,6H,5H2,1H3,(H,7,8)/t5-,6+,7+;4-;2-,3+/m101/s1. The van der Waals surface area contributed by atoms with Crippen LogP contribution in [0.4, 0.5) is 0 Å². The van der Waals surface area contributed by atoms with E-state index in [2.05, 4.69) is 10.6 Å². The molecule has 0 aromatic heterocycles. The number of ether oxygens (including phenoxy) is 1. The van der Waals surface area contributed by atoms with Crippen LogP contribution in [0.3, 0.4) is 0 Å². The van der Waals surface area contributed by atoms with Gasteiger partial charge in [0, 0.05) is 0 Å². The van der Waals surface area contributed by atoms with Crippen molar-refractivity contribution in [1.29, 1.82) is 0 Å². The van der Waals surface area contributed by atoms with Crippen molar-refractivity contribution in [3.05, 3.63) is 0 Å². The van der Waals surface area contributed by atoms with E-state index >= 15 is 0 Å². The Kier molecular flexibility index (Phi) is 13.5. The van der Waals surface area contributed by atoms with Crippen LogP contribution in [0.25, 0.3) is 0 Å². The van der Waals surface area contributed by atoms with Crippen molar-refractivity contribution in [2.75, 3.05) is 13.1 Å². The molecule has 2 aliphatic heterocycles. The Morgan fingerprint density at radius 1 is 0.871 bits per heavy atom. The van der Waals surface area contributed by atoms with E-state index in [1.807, 2.05) is 0 Å². The molecule has 31 heavy (non-hydrogen) atoms. The molecule has 0 aromatic carbocycles. The molecule has 0 unspecified atom stereocenters. The number of hydrogen-bond donors (Lipinski definition) is 8. The van der Waals surface area contributed by atoms with Crippen molar-refractivity contribution >= 4 is 23.9 Å². The third-order valence-corrected chi connectivity index (χ3v) is 4.60. The number of carbonyl (C=O) groups is 4. The first-order valence-electron chi connectivity index (χ1n) is 9.93. The van der Waals surface area contributed by atoms with E-state index < -0.39 is 48.2 Å². The molecule has 13 nitrogen and oxygen atoms in total. The molecular formula is C18H34N4O9. The Morgan fingerprint density at radius 3 is 1.58 bits per heavy atom. The van der Waals surface area contributed by atoms with Crippen LogP contribution in [-0.4, -0.2) is 93.8 Å². The molecule has 0 saturated carbocycles. The molecule has 6 atom stereocenters. The molecule has 0 aliphatic carbocycles. The zero-order chi connectivity index (χ0) is 24.1. The predicted octanol–water partition coefficient (Wildman–Crippen LogP) is -2.32. The van der Waals surface area contributed by atoms with Gasteiger partial charge in [0.2, 0.25) is 0 Å². The molecule has 13 heteroatoms. The number of aliphatic carboxylic acids is 3. The average molecular weight is 450 g/mol. The molecule has 0 spiro atoms.